The van der Waals surface area contributed by atoms with Gasteiger partial charge in [-0.2, -0.15) is 0 Å². The maximum atomic E-state index is 9.44. The number of hydrogen-bond donors (Lipinski definition) is 1. The Hall–Kier alpha value is -1.24. The number of fused-ring (bicyclic) bond motifs is 3. The lowest BCUT2D eigenvalue weighted by atomic mass is 9.92. The van der Waals surface area contributed by atoms with Crippen LogP contribution >= 0.6 is 11.3 Å². The first-order valence-electron chi connectivity index (χ1n) is 10.6. The van der Waals surface area contributed by atoms with Crippen molar-refractivity contribution in [3.8, 4) is 5.88 Å². The van der Waals surface area contributed by atoms with Crippen LogP contribution in [-0.4, -0.2) is 51.8 Å². The summed E-state index contributed by atoms with van der Waals surface area (Å²) >= 11 is 1.79. The molecule has 3 heterocycles. The lowest BCUT2D eigenvalue weighted by Gasteiger charge is -2.34. The highest BCUT2D eigenvalue weighted by Gasteiger charge is 2.32. The van der Waals surface area contributed by atoms with E-state index in [1.807, 2.05) is 0 Å². The van der Waals surface area contributed by atoms with Gasteiger partial charge in [-0.15, -0.1) is 11.3 Å². The third kappa shape index (κ3) is 3.36. The predicted octanol–water partition coefficient (Wildman–Crippen LogP) is 3.89. The number of aliphatic hydroxyl groups excluding tert-OH is 1. The van der Waals surface area contributed by atoms with Gasteiger partial charge in [-0.3, -0.25) is 0 Å². The van der Waals surface area contributed by atoms with Crippen LogP contribution < -0.4 is 4.74 Å². The van der Waals surface area contributed by atoms with E-state index in [0.29, 0.717) is 5.92 Å². The van der Waals surface area contributed by atoms with Gasteiger partial charge in [0.05, 0.1) is 5.39 Å². The molecule has 5 rings (SSSR count). The van der Waals surface area contributed by atoms with E-state index in [9.17, 15) is 5.11 Å². The average Bonchev–Trinajstić information content (AvgIpc) is 3.40. The molecule has 0 amide bonds. The number of hydrogen-bond acceptors (Lipinski definition) is 6. The summed E-state index contributed by atoms with van der Waals surface area (Å²) in [5, 5.41) is 10.6. The molecule has 1 unspecified atom stereocenters. The van der Waals surface area contributed by atoms with Gasteiger partial charge in [0.1, 0.15) is 17.3 Å². The molecule has 0 bridgehead atoms. The number of rotatable bonds is 5. The maximum Gasteiger partial charge on any atom is 0.225 e. The number of aliphatic hydroxyl groups is 1. The van der Waals surface area contributed by atoms with Crippen LogP contribution in [0.5, 0.6) is 5.88 Å². The molecule has 27 heavy (non-hydrogen) atoms. The molecule has 1 aliphatic heterocycles. The molecule has 1 saturated carbocycles. The molecular weight excluding hydrogens is 358 g/mol. The largest absolute Gasteiger partial charge is 0.474 e. The fraction of sp³-hybridized carbons (Fsp3) is 0.714. The second-order valence-electron chi connectivity index (χ2n) is 8.34. The second kappa shape index (κ2) is 7.64. The van der Waals surface area contributed by atoms with E-state index >= 15 is 0 Å². The lowest BCUT2D eigenvalue weighted by molar-refractivity contribution is 0.0978. The summed E-state index contributed by atoms with van der Waals surface area (Å²) < 4.78 is 6.46. The number of likely N-dealkylation sites (tertiary alicyclic amines) is 1. The molecule has 2 aromatic heterocycles. The number of nitrogens with zero attached hydrogens (tertiary/aromatic N) is 3. The van der Waals surface area contributed by atoms with Gasteiger partial charge < -0.3 is 14.7 Å². The number of aromatic nitrogens is 2. The van der Waals surface area contributed by atoms with Crippen LogP contribution in [0.1, 0.15) is 67.7 Å². The van der Waals surface area contributed by atoms with Crippen molar-refractivity contribution >= 4 is 21.6 Å². The third-order valence-electron chi connectivity index (χ3n) is 6.75. The van der Waals surface area contributed by atoms with Crippen LogP contribution in [0.3, 0.4) is 0 Å². The van der Waals surface area contributed by atoms with E-state index in [2.05, 4.69) is 14.9 Å². The van der Waals surface area contributed by atoms with Gasteiger partial charge in [-0.1, -0.05) is 0 Å². The molecular formula is C21H29N3O2S. The summed E-state index contributed by atoms with van der Waals surface area (Å²) in [5.41, 5.74) is 1.37. The zero-order chi connectivity index (χ0) is 18.2. The van der Waals surface area contributed by atoms with Crippen LogP contribution in [0.2, 0.25) is 0 Å². The van der Waals surface area contributed by atoms with Crippen LogP contribution in [0.15, 0.2) is 6.33 Å². The van der Waals surface area contributed by atoms with E-state index in [0.717, 1.165) is 54.2 Å². The zero-order valence-electron chi connectivity index (χ0n) is 15.9. The molecule has 2 aromatic rings. The van der Waals surface area contributed by atoms with Crippen molar-refractivity contribution in [2.24, 2.45) is 0 Å². The monoisotopic (exact) mass is 387 g/mol. The first-order valence-corrected chi connectivity index (χ1v) is 11.4. The molecule has 0 spiro atoms. The second-order valence-corrected chi connectivity index (χ2v) is 9.42. The van der Waals surface area contributed by atoms with Crippen LogP contribution in [0.4, 0.5) is 0 Å². The Labute approximate surface area is 164 Å². The Morgan fingerprint density at radius 3 is 2.70 bits per heavy atom. The predicted molar refractivity (Wildman–Crippen MR) is 108 cm³/mol. The highest BCUT2D eigenvalue weighted by atomic mass is 32.1. The van der Waals surface area contributed by atoms with Gasteiger partial charge in [-0.25, -0.2) is 9.97 Å². The standard InChI is InChI=1S/C21H29N3O2S/c25-12-9-14-3-8-17-18(14)19-20(22-13-23-21(19)27-17)26-16-6-4-15(5-7-16)24-10-1-2-11-24/h13-16,25H,1-12H2. The smallest absolute Gasteiger partial charge is 0.225 e. The summed E-state index contributed by atoms with van der Waals surface area (Å²) in [7, 11) is 0. The van der Waals surface area contributed by atoms with Gasteiger partial charge in [0.2, 0.25) is 5.88 Å². The third-order valence-corrected chi connectivity index (χ3v) is 7.93. The van der Waals surface area contributed by atoms with E-state index in [-0.39, 0.29) is 12.7 Å². The minimum Gasteiger partial charge on any atom is -0.474 e. The topological polar surface area (TPSA) is 58.5 Å². The Balaban J connectivity index is 1.34. The van der Waals surface area contributed by atoms with Crippen molar-refractivity contribution in [3.63, 3.8) is 0 Å². The summed E-state index contributed by atoms with van der Waals surface area (Å²) in [6.45, 7) is 2.82. The molecule has 3 aliphatic rings. The Morgan fingerprint density at radius 2 is 1.93 bits per heavy atom. The first kappa shape index (κ1) is 17.8. The molecule has 0 aromatic carbocycles. The molecule has 146 valence electrons. The molecule has 1 N–H and O–H groups in total. The van der Waals surface area contributed by atoms with Gasteiger partial charge in [0.25, 0.3) is 0 Å². The van der Waals surface area contributed by atoms with E-state index < -0.39 is 0 Å². The average molecular weight is 388 g/mol. The van der Waals surface area contributed by atoms with Crippen molar-refractivity contribution in [2.45, 2.75) is 75.9 Å². The van der Waals surface area contributed by atoms with Crippen molar-refractivity contribution in [3.05, 3.63) is 16.8 Å². The molecule has 2 fully saturated rings. The van der Waals surface area contributed by atoms with Gasteiger partial charge >= 0.3 is 0 Å². The van der Waals surface area contributed by atoms with Crippen LogP contribution in [0.25, 0.3) is 10.2 Å². The number of ether oxygens (including phenoxy) is 1. The fourth-order valence-corrected chi connectivity index (χ4v) is 6.60. The normalized spacial score (nSPS) is 28.7. The zero-order valence-corrected chi connectivity index (χ0v) is 16.7. The molecule has 0 radical (unpaired) electrons. The molecule has 1 saturated heterocycles. The fourth-order valence-electron chi connectivity index (χ4n) is 5.37. The Kier molecular flexibility index (Phi) is 5.05. The molecule has 1 atom stereocenters. The van der Waals surface area contributed by atoms with Crippen molar-refractivity contribution < 1.29 is 9.84 Å². The van der Waals surface area contributed by atoms with Crippen LogP contribution in [-0.2, 0) is 6.42 Å². The van der Waals surface area contributed by atoms with Gasteiger partial charge in [-0.05, 0) is 82.4 Å². The SMILES string of the molecule is OCCC1CCc2sc3ncnc(OC4CCC(N5CCCC5)CC4)c3c21. The highest BCUT2D eigenvalue weighted by Crippen LogP contribution is 2.47. The summed E-state index contributed by atoms with van der Waals surface area (Å²) in [6.07, 6.45) is 12.5. The Morgan fingerprint density at radius 1 is 1.11 bits per heavy atom. The summed E-state index contributed by atoms with van der Waals surface area (Å²) in [4.78, 5) is 14.2. The summed E-state index contributed by atoms with van der Waals surface area (Å²) in [5.74, 6) is 1.21. The van der Waals surface area contributed by atoms with Gasteiger partial charge in [0, 0.05) is 17.5 Å². The number of aryl methyl sites for hydroxylation is 1. The van der Waals surface area contributed by atoms with Crippen LogP contribution in [0, 0.1) is 0 Å². The van der Waals surface area contributed by atoms with Gasteiger partial charge in [0.15, 0.2) is 0 Å². The van der Waals surface area contributed by atoms with E-state index in [1.54, 1.807) is 17.7 Å². The number of thiophene rings is 1. The lowest BCUT2D eigenvalue weighted by Crippen LogP contribution is -2.38. The highest BCUT2D eigenvalue weighted by molar-refractivity contribution is 7.19. The summed E-state index contributed by atoms with van der Waals surface area (Å²) in [6, 6.07) is 0.761. The van der Waals surface area contributed by atoms with Crippen molar-refractivity contribution in [2.75, 3.05) is 19.7 Å². The van der Waals surface area contributed by atoms with Crippen molar-refractivity contribution in [1.29, 1.82) is 0 Å². The maximum absolute atomic E-state index is 9.44. The minimum atomic E-state index is 0.242. The quantitative estimate of drug-likeness (QED) is 0.843. The molecule has 5 nitrogen and oxygen atoms in total. The molecule has 6 heteroatoms. The molecule has 2 aliphatic carbocycles. The first-order chi connectivity index (χ1) is 13.3. The van der Waals surface area contributed by atoms with E-state index in [1.165, 1.54) is 49.2 Å². The minimum absolute atomic E-state index is 0.242. The van der Waals surface area contributed by atoms with E-state index in [4.69, 9.17) is 4.74 Å². The Bertz CT molecular complexity index is 794. The van der Waals surface area contributed by atoms with Crippen molar-refractivity contribution in [1.82, 2.24) is 14.9 Å².